The molecule has 0 unspecified atom stereocenters. The Labute approximate surface area is 208 Å². The van der Waals surface area contributed by atoms with Gasteiger partial charge < -0.3 is 24.6 Å². The molecule has 2 N–H and O–H groups in total. The number of carbonyl (C=O) groups is 2. The van der Waals surface area contributed by atoms with Crippen molar-refractivity contribution >= 4 is 11.9 Å². The molecule has 0 radical (unpaired) electrons. The van der Waals surface area contributed by atoms with Gasteiger partial charge in [-0.2, -0.15) is 0 Å². The maximum absolute atomic E-state index is 13.1. The molecule has 192 valence electrons. The highest BCUT2D eigenvalue weighted by molar-refractivity contribution is 5.97. The number of carbonyl (C=O) groups excluding carboxylic acids is 2. The predicted molar refractivity (Wildman–Crippen MR) is 134 cm³/mol. The van der Waals surface area contributed by atoms with Gasteiger partial charge in [0.2, 0.25) is 0 Å². The Morgan fingerprint density at radius 1 is 1.09 bits per heavy atom. The second-order valence-corrected chi connectivity index (χ2v) is 8.46. The summed E-state index contributed by atoms with van der Waals surface area (Å²) in [6.45, 7) is 8.40. The van der Waals surface area contributed by atoms with E-state index in [1.54, 1.807) is 6.92 Å². The molecule has 1 amide bonds. The Hall–Kier alpha value is -3.13. The van der Waals surface area contributed by atoms with Gasteiger partial charge in [-0.25, -0.2) is 9.78 Å². The van der Waals surface area contributed by atoms with Crippen LogP contribution in [-0.4, -0.2) is 53.9 Å². The molecule has 0 spiro atoms. The summed E-state index contributed by atoms with van der Waals surface area (Å²) in [5.74, 6) is -1.55. The number of amides is 1. The Balaban J connectivity index is 2.15. The monoisotopic (exact) mass is 486 g/mol. The average molecular weight is 487 g/mol. The third-order valence-corrected chi connectivity index (χ3v) is 5.96. The van der Waals surface area contributed by atoms with E-state index in [4.69, 9.17) is 14.2 Å². The molecule has 1 aromatic heterocycles. The van der Waals surface area contributed by atoms with Crippen LogP contribution in [0.1, 0.15) is 63.0 Å². The van der Waals surface area contributed by atoms with Gasteiger partial charge in [0.15, 0.2) is 17.2 Å². The largest absolute Gasteiger partial charge is 0.503 e. The molecule has 8 heteroatoms. The van der Waals surface area contributed by atoms with Crippen LogP contribution < -0.4 is 10.1 Å². The van der Waals surface area contributed by atoms with Crippen molar-refractivity contribution in [1.82, 2.24) is 10.3 Å². The smallest absolute Gasteiger partial charge is 0.328 e. The van der Waals surface area contributed by atoms with Gasteiger partial charge in [-0.15, -0.1) is 0 Å². The summed E-state index contributed by atoms with van der Waals surface area (Å²) in [6, 6.07) is 10.6. The number of esters is 1. The van der Waals surface area contributed by atoms with E-state index >= 15 is 0 Å². The highest BCUT2D eigenvalue weighted by Crippen LogP contribution is 2.28. The van der Waals surface area contributed by atoms with E-state index in [9.17, 15) is 14.7 Å². The van der Waals surface area contributed by atoms with Gasteiger partial charge in [0.25, 0.3) is 5.91 Å². The molecule has 0 saturated carbocycles. The van der Waals surface area contributed by atoms with E-state index < -0.39 is 24.0 Å². The first-order chi connectivity index (χ1) is 16.9. The zero-order valence-electron chi connectivity index (χ0n) is 21.3. The van der Waals surface area contributed by atoms with Crippen molar-refractivity contribution in [1.29, 1.82) is 0 Å². The van der Waals surface area contributed by atoms with Crippen molar-refractivity contribution in [3.05, 3.63) is 53.9 Å². The normalized spacial score (nSPS) is 14.4. The van der Waals surface area contributed by atoms with Crippen LogP contribution in [0.4, 0.5) is 0 Å². The number of ether oxygens (including phenoxy) is 3. The van der Waals surface area contributed by atoms with E-state index in [1.807, 2.05) is 25.1 Å². The highest BCUT2D eigenvalue weighted by atomic mass is 16.5. The minimum Gasteiger partial charge on any atom is -0.503 e. The van der Waals surface area contributed by atoms with Crippen LogP contribution in [0.3, 0.4) is 0 Å². The number of aromatic hydroxyl groups is 1. The molecule has 0 bridgehead atoms. The zero-order valence-corrected chi connectivity index (χ0v) is 21.3. The number of hydrogen-bond acceptors (Lipinski definition) is 7. The summed E-state index contributed by atoms with van der Waals surface area (Å²) >= 11 is 0. The molecule has 1 aromatic carbocycles. The van der Waals surface area contributed by atoms with Crippen LogP contribution in [0.25, 0.3) is 0 Å². The van der Waals surface area contributed by atoms with Crippen LogP contribution in [0.5, 0.6) is 11.5 Å². The van der Waals surface area contributed by atoms with Gasteiger partial charge in [0.05, 0.1) is 13.2 Å². The number of rotatable bonds is 14. The molecular weight excluding hydrogens is 448 g/mol. The SMILES string of the molecule is CCCO[C@@H](CC)[C@@H](Cc1ccccc1)[C@H](C)OC(=O)[C@H](CC)NC(=O)c1nccc(OC)c1O. The summed E-state index contributed by atoms with van der Waals surface area (Å²) in [7, 11) is 1.38. The first kappa shape index (κ1) is 28.1. The van der Waals surface area contributed by atoms with Crippen LogP contribution in [0.2, 0.25) is 0 Å². The summed E-state index contributed by atoms with van der Waals surface area (Å²) < 4.78 is 17.0. The fourth-order valence-electron chi connectivity index (χ4n) is 3.97. The lowest BCUT2D eigenvalue weighted by Crippen LogP contribution is -2.45. The molecule has 2 rings (SSSR count). The maximum Gasteiger partial charge on any atom is 0.328 e. The molecule has 8 nitrogen and oxygen atoms in total. The molecule has 0 fully saturated rings. The minimum absolute atomic E-state index is 0.0600. The predicted octanol–water partition coefficient (Wildman–Crippen LogP) is 4.30. The van der Waals surface area contributed by atoms with Crippen molar-refractivity contribution in [3.8, 4) is 11.5 Å². The number of aromatic nitrogens is 1. The van der Waals surface area contributed by atoms with Crippen LogP contribution >= 0.6 is 0 Å². The molecule has 0 aliphatic carbocycles. The zero-order chi connectivity index (χ0) is 25.8. The summed E-state index contributed by atoms with van der Waals surface area (Å²) in [6.07, 6.45) is 3.53. The van der Waals surface area contributed by atoms with Crippen LogP contribution in [-0.2, 0) is 20.7 Å². The topological polar surface area (TPSA) is 107 Å². The van der Waals surface area contributed by atoms with Crippen molar-refractivity contribution in [2.45, 2.75) is 71.6 Å². The minimum atomic E-state index is -0.897. The number of hydrogen-bond donors (Lipinski definition) is 2. The van der Waals surface area contributed by atoms with Gasteiger partial charge in [-0.1, -0.05) is 51.1 Å². The quantitative estimate of drug-likeness (QED) is 0.383. The van der Waals surface area contributed by atoms with Gasteiger partial charge >= 0.3 is 5.97 Å². The van der Waals surface area contributed by atoms with Crippen molar-refractivity contribution in [3.63, 3.8) is 0 Å². The Bertz CT molecular complexity index is 937. The number of nitrogens with one attached hydrogen (secondary N) is 1. The lowest BCUT2D eigenvalue weighted by molar-refractivity contribution is -0.156. The number of pyridine rings is 1. The average Bonchev–Trinajstić information content (AvgIpc) is 2.87. The van der Waals surface area contributed by atoms with E-state index in [0.29, 0.717) is 19.4 Å². The van der Waals surface area contributed by atoms with Gasteiger partial charge in [-0.05, 0) is 38.2 Å². The lowest BCUT2D eigenvalue weighted by atomic mass is 9.88. The second-order valence-electron chi connectivity index (χ2n) is 8.46. The number of nitrogens with zero attached hydrogens (tertiary/aromatic N) is 1. The molecule has 0 saturated heterocycles. The van der Waals surface area contributed by atoms with Crippen molar-refractivity contribution in [2.75, 3.05) is 13.7 Å². The van der Waals surface area contributed by atoms with Crippen molar-refractivity contribution < 1.29 is 28.9 Å². The molecule has 0 aliphatic heterocycles. The fourth-order valence-corrected chi connectivity index (χ4v) is 3.97. The van der Waals surface area contributed by atoms with Crippen LogP contribution in [0, 0.1) is 5.92 Å². The highest BCUT2D eigenvalue weighted by Gasteiger charge is 2.32. The molecule has 0 aliphatic rings. The van der Waals surface area contributed by atoms with E-state index in [2.05, 4.69) is 36.3 Å². The molecule has 1 heterocycles. The van der Waals surface area contributed by atoms with Gasteiger partial charge in [0.1, 0.15) is 12.1 Å². The van der Waals surface area contributed by atoms with E-state index in [-0.39, 0.29) is 29.2 Å². The first-order valence-electron chi connectivity index (χ1n) is 12.2. The summed E-state index contributed by atoms with van der Waals surface area (Å²) in [5.41, 5.74) is 0.920. The van der Waals surface area contributed by atoms with Gasteiger partial charge in [0, 0.05) is 24.8 Å². The standard InChI is InChI=1S/C27H38N2O6/c1-6-16-34-22(8-3)20(17-19-12-10-9-11-13-19)18(4)35-27(32)21(7-2)29-26(31)24-25(30)23(33-5)14-15-28-24/h9-15,18,20-22,30H,6-8,16-17H2,1-5H3,(H,29,31)/t18-,20-,21-,22-/m0/s1. The Kier molecular flexibility index (Phi) is 11.5. The Morgan fingerprint density at radius 2 is 1.80 bits per heavy atom. The first-order valence-corrected chi connectivity index (χ1v) is 12.2. The van der Waals surface area contributed by atoms with E-state index in [0.717, 1.165) is 18.4 Å². The van der Waals surface area contributed by atoms with Crippen molar-refractivity contribution in [2.24, 2.45) is 5.92 Å². The molecule has 2 aromatic rings. The fraction of sp³-hybridized carbons (Fsp3) is 0.519. The molecule has 4 atom stereocenters. The molecular formula is C27H38N2O6. The Morgan fingerprint density at radius 3 is 2.40 bits per heavy atom. The molecule has 35 heavy (non-hydrogen) atoms. The maximum atomic E-state index is 13.1. The third kappa shape index (κ3) is 7.96. The summed E-state index contributed by atoms with van der Waals surface area (Å²) in [5, 5.41) is 12.8. The van der Waals surface area contributed by atoms with Gasteiger partial charge in [-0.3, -0.25) is 4.79 Å². The second kappa shape index (κ2) is 14.3. The number of benzene rings is 1. The lowest BCUT2D eigenvalue weighted by Gasteiger charge is -2.32. The third-order valence-electron chi connectivity index (χ3n) is 5.96. The summed E-state index contributed by atoms with van der Waals surface area (Å²) in [4.78, 5) is 29.7. The van der Waals surface area contributed by atoms with Crippen LogP contribution in [0.15, 0.2) is 42.6 Å². The van der Waals surface area contributed by atoms with E-state index in [1.165, 1.54) is 19.4 Å². The number of methoxy groups -OCH3 is 1.